The average molecular weight is 291 g/mol. The van der Waals surface area contributed by atoms with Gasteiger partial charge in [-0.15, -0.1) is 0 Å². The molecule has 0 bridgehead atoms. The fourth-order valence-electron chi connectivity index (χ4n) is 2.34. The van der Waals surface area contributed by atoms with E-state index >= 15 is 0 Å². The number of carbonyl (C=O) groups is 3. The first-order chi connectivity index (χ1) is 10.0. The summed E-state index contributed by atoms with van der Waals surface area (Å²) in [5.41, 5.74) is 6.67. The van der Waals surface area contributed by atoms with Crippen LogP contribution in [0.3, 0.4) is 0 Å². The molecule has 0 fully saturated rings. The van der Waals surface area contributed by atoms with Crippen LogP contribution in [0.4, 0.5) is 5.69 Å². The Morgan fingerprint density at radius 1 is 1.33 bits per heavy atom. The molecule has 0 saturated heterocycles. The molecule has 112 valence electrons. The molecule has 2 amide bonds. The maximum atomic E-state index is 12.2. The van der Waals surface area contributed by atoms with Crippen molar-refractivity contribution in [2.75, 3.05) is 24.5 Å². The number of para-hydroxylation sites is 1. The molecular weight excluding hydrogens is 274 g/mol. The monoisotopic (exact) mass is 291 g/mol. The minimum absolute atomic E-state index is 0.101. The SMILES string of the molecule is NCC(=O)NCC(=O)N1CC(C(=O)O)Cc2ccccc21. The van der Waals surface area contributed by atoms with Gasteiger partial charge in [0.05, 0.1) is 19.0 Å². The molecule has 7 heteroatoms. The number of nitrogens with one attached hydrogen (secondary N) is 1. The van der Waals surface area contributed by atoms with Crippen molar-refractivity contribution >= 4 is 23.5 Å². The van der Waals surface area contributed by atoms with Crippen molar-refractivity contribution in [3.63, 3.8) is 0 Å². The standard InChI is InChI=1S/C14H17N3O4/c15-6-12(18)16-7-13(19)17-8-10(14(20)21)5-9-3-1-2-4-11(9)17/h1-4,10H,5-8,15H2,(H,16,18)(H,20,21). The van der Waals surface area contributed by atoms with Gasteiger partial charge in [-0.2, -0.15) is 0 Å². The van der Waals surface area contributed by atoms with Crippen molar-refractivity contribution in [3.8, 4) is 0 Å². The van der Waals surface area contributed by atoms with Gasteiger partial charge in [0.2, 0.25) is 11.8 Å². The molecule has 0 radical (unpaired) electrons. The first-order valence-electron chi connectivity index (χ1n) is 6.60. The second-order valence-electron chi connectivity index (χ2n) is 4.85. The van der Waals surface area contributed by atoms with Crippen molar-refractivity contribution in [1.29, 1.82) is 0 Å². The zero-order valence-corrected chi connectivity index (χ0v) is 11.4. The minimum Gasteiger partial charge on any atom is -0.481 e. The second-order valence-corrected chi connectivity index (χ2v) is 4.85. The highest BCUT2D eigenvalue weighted by atomic mass is 16.4. The number of aliphatic carboxylic acids is 1. The Bertz CT molecular complexity index is 573. The summed E-state index contributed by atoms with van der Waals surface area (Å²) in [6.45, 7) is -0.290. The number of benzene rings is 1. The number of anilines is 1. The van der Waals surface area contributed by atoms with Crippen LogP contribution in [0, 0.1) is 5.92 Å². The van der Waals surface area contributed by atoms with Gasteiger partial charge in [0.1, 0.15) is 0 Å². The summed E-state index contributed by atoms with van der Waals surface area (Å²) in [4.78, 5) is 36.0. The molecule has 1 aliphatic rings. The van der Waals surface area contributed by atoms with E-state index in [1.165, 1.54) is 4.90 Å². The van der Waals surface area contributed by atoms with E-state index in [1.807, 2.05) is 12.1 Å². The molecule has 1 aromatic rings. The van der Waals surface area contributed by atoms with Gasteiger partial charge in [-0.1, -0.05) is 18.2 Å². The molecule has 0 aliphatic carbocycles. The molecule has 4 N–H and O–H groups in total. The molecule has 1 aromatic carbocycles. The van der Waals surface area contributed by atoms with Crippen LogP contribution in [0.1, 0.15) is 5.56 Å². The normalized spacial score (nSPS) is 17.0. The summed E-state index contributed by atoms with van der Waals surface area (Å²) < 4.78 is 0. The lowest BCUT2D eigenvalue weighted by Gasteiger charge is -2.33. The van der Waals surface area contributed by atoms with Crippen molar-refractivity contribution in [2.24, 2.45) is 11.7 Å². The lowest BCUT2D eigenvalue weighted by Crippen LogP contribution is -2.47. The van der Waals surface area contributed by atoms with E-state index in [4.69, 9.17) is 5.73 Å². The Labute approximate surface area is 121 Å². The fraction of sp³-hybridized carbons (Fsp3) is 0.357. The van der Waals surface area contributed by atoms with Gasteiger partial charge < -0.3 is 21.1 Å². The molecule has 1 aliphatic heterocycles. The van der Waals surface area contributed by atoms with Crippen LogP contribution in [0.2, 0.25) is 0 Å². The van der Waals surface area contributed by atoms with Crippen molar-refractivity contribution in [3.05, 3.63) is 29.8 Å². The quantitative estimate of drug-likeness (QED) is 0.682. The fourth-order valence-corrected chi connectivity index (χ4v) is 2.34. The first kappa shape index (κ1) is 15.0. The Hall–Kier alpha value is -2.41. The Balaban J connectivity index is 2.19. The number of fused-ring (bicyclic) bond motifs is 1. The number of rotatable bonds is 4. The maximum Gasteiger partial charge on any atom is 0.308 e. The van der Waals surface area contributed by atoms with E-state index in [9.17, 15) is 19.5 Å². The minimum atomic E-state index is -0.937. The third-order valence-electron chi connectivity index (χ3n) is 3.42. The first-order valence-corrected chi connectivity index (χ1v) is 6.60. The summed E-state index contributed by atoms with van der Waals surface area (Å²) in [5, 5.41) is 11.6. The second kappa shape index (κ2) is 6.36. The summed E-state index contributed by atoms with van der Waals surface area (Å²) in [6, 6.07) is 7.18. The van der Waals surface area contributed by atoms with E-state index in [0.29, 0.717) is 12.1 Å². The van der Waals surface area contributed by atoms with Crippen LogP contribution in [0.15, 0.2) is 24.3 Å². The Morgan fingerprint density at radius 2 is 2.05 bits per heavy atom. The zero-order chi connectivity index (χ0) is 15.4. The largest absolute Gasteiger partial charge is 0.481 e. The molecule has 7 nitrogen and oxygen atoms in total. The predicted octanol–water partition coefficient (Wildman–Crippen LogP) is -0.649. The molecule has 2 rings (SSSR count). The van der Waals surface area contributed by atoms with Gasteiger partial charge in [0, 0.05) is 12.2 Å². The summed E-state index contributed by atoms with van der Waals surface area (Å²) >= 11 is 0. The number of carboxylic acids is 1. The number of hydrogen-bond donors (Lipinski definition) is 3. The van der Waals surface area contributed by atoms with Gasteiger partial charge in [0.25, 0.3) is 0 Å². The van der Waals surface area contributed by atoms with Gasteiger partial charge in [0.15, 0.2) is 0 Å². The van der Waals surface area contributed by atoms with E-state index in [-0.39, 0.29) is 25.5 Å². The van der Waals surface area contributed by atoms with Gasteiger partial charge >= 0.3 is 5.97 Å². The molecule has 1 heterocycles. The number of carboxylic acid groups (broad SMARTS) is 1. The van der Waals surface area contributed by atoms with Gasteiger partial charge in [-0.3, -0.25) is 14.4 Å². The summed E-state index contributed by atoms with van der Waals surface area (Å²) in [6.07, 6.45) is 0.393. The highest BCUT2D eigenvalue weighted by Gasteiger charge is 2.31. The number of nitrogens with zero attached hydrogens (tertiary/aromatic N) is 1. The van der Waals surface area contributed by atoms with Gasteiger partial charge in [-0.05, 0) is 18.1 Å². The van der Waals surface area contributed by atoms with E-state index in [2.05, 4.69) is 5.32 Å². The zero-order valence-electron chi connectivity index (χ0n) is 11.4. The topological polar surface area (TPSA) is 113 Å². The summed E-state index contributed by atoms with van der Waals surface area (Å²) in [7, 11) is 0. The molecule has 0 spiro atoms. The highest BCUT2D eigenvalue weighted by molar-refractivity contribution is 5.98. The number of amides is 2. The van der Waals surface area contributed by atoms with Crippen molar-refractivity contribution in [2.45, 2.75) is 6.42 Å². The van der Waals surface area contributed by atoms with Gasteiger partial charge in [-0.25, -0.2) is 0 Å². The molecule has 0 aromatic heterocycles. The maximum absolute atomic E-state index is 12.2. The van der Waals surface area contributed by atoms with Crippen LogP contribution in [-0.2, 0) is 20.8 Å². The van der Waals surface area contributed by atoms with E-state index in [0.717, 1.165) is 5.56 Å². The van der Waals surface area contributed by atoms with Crippen LogP contribution < -0.4 is 16.0 Å². The highest BCUT2D eigenvalue weighted by Crippen LogP contribution is 2.29. The Morgan fingerprint density at radius 3 is 2.71 bits per heavy atom. The van der Waals surface area contributed by atoms with E-state index in [1.54, 1.807) is 12.1 Å². The molecule has 0 saturated carbocycles. The summed E-state index contributed by atoms with van der Waals surface area (Å²) in [5.74, 6) is -2.36. The third kappa shape index (κ3) is 3.38. The van der Waals surface area contributed by atoms with Crippen LogP contribution in [0.25, 0.3) is 0 Å². The van der Waals surface area contributed by atoms with Crippen molar-refractivity contribution in [1.82, 2.24) is 5.32 Å². The Kier molecular flexibility index (Phi) is 4.54. The molecule has 1 unspecified atom stereocenters. The average Bonchev–Trinajstić information content (AvgIpc) is 2.50. The predicted molar refractivity (Wildman–Crippen MR) is 75.7 cm³/mol. The van der Waals surface area contributed by atoms with Crippen LogP contribution in [-0.4, -0.2) is 42.5 Å². The number of nitrogens with two attached hydrogens (primary N) is 1. The number of hydrogen-bond acceptors (Lipinski definition) is 4. The van der Waals surface area contributed by atoms with Crippen LogP contribution >= 0.6 is 0 Å². The molecule has 1 atom stereocenters. The lowest BCUT2D eigenvalue weighted by molar-refractivity contribution is -0.141. The van der Waals surface area contributed by atoms with Crippen molar-refractivity contribution < 1.29 is 19.5 Å². The third-order valence-corrected chi connectivity index (χ3v) is 3.42. The smallest absolute Gasteiger partial charge is 0.308 e. The molecular formula is C14H17N3O4. The number of carbonyl (C=O) groups excluding carboxylic acids is 2. The van der Waals surface area contributed by atoms with E-state index < -0.39 is 17.8 Å². The van der Waals surface area contributed by atoms with Crippen LogP contribution in [0.5, 0.6) is 0 Å². The molecule has 21 heavy (non-hydrogen) atoms. The lowest BCUT2D eigenvalue weighted by atomic mass is 9.92.